The molecule has 0 aliphatic heterocycles. The molecule has 0 radical (unpaired) electrons. The molecule has 0 aliphatic carbocycles. The molecule has 1 aromatic carbocycles. The highest BCUT2D eigenvalue weighted by molar-refractivity contribution is 5.89. The van der Waals surface area contributed by atoms with Gasteiger partial charge in [-0.15, -0.1) is 10.2 Å². The van der Waals surface area contributed by atoms with Crippen LogP contribution in [0.5, 0.6) is 0 Å². The number of nitrogens with one attached hydrogen (secondary N) is 1. The standard InChI is InChI=1S/C13H11N3O4/c1-20-13(19)8-2-4-9(5-3-8)14-11-7-6-10(12(17)18)15-16-11/h2-7H,1H3,(H,14,16)(H,17,18). The normalized spacial score (nSPS) is 9.85. The van der Waals surface area contributed by atoms with Crippen molar-refractivity contribution in [2.75, 3.05) is 12.4 Å². The van der Waals surface area contributed by atoms with Gasteiger partial charge in [0, 0.05) is 5.69 Å². The third-order valence-corrected chi connectivity index (χ3v) is 2.46. The van der Waals surface area contributed by atoms with E-state index in [0.717, 1.165) is 0 Å². The zero-order valence-corrected chi connectivity index (χ0v) is 10.5. The minimum Gasteiger partial charge on any atom is -0.476 e. The maximum Gasteiger partial charge on any atom is 0.356 e. The van der Waals surface area contributed by atoms with Gasteiger partial charge in [-0.1, -0.05) is 0 Å². The van der Waals surface area contributed by atoms with Crippen LogP contribution >= 0.6 is 0 Å². The molecule has 0 bridgehead atoms. The number of carbonyl (C=O) groups excluding carboxylic acids is 1. The van der Waals surface area contributed by atoms with E-state index >= 15 is 0 Å². The SMILES string of the molecule is COC(=O)c1ccc(Nc2ccc(C(=O)O)nn2)cc1. The van der Waals surface area contributed by atoms with E-state index in [1.807, 2.05) is 0 Å². The number of anilines is 2. The molecular weight excluding hydrogens is 262 g/mol. The zero-order valence-electron chi connectivity index (χ0n) is 10.5. The van der Waals surface area contributed by atoms with Crippen molar-refractivity contribution >= 4 is 23.4 Å². The van der Waals surface area contributed by atoms with E-state index in [0.29, 0.717) is 17.1 Å². The maximum absolute atomic E-state index is 11.3. The predicted molar refractivity (Wildman–Crippen MR) is 70.1 cm³/mol. The highest BCUT2D eigenvalue weighted by Crippen LogP contribution is 2.15. The number of methoxy groups -OCH3 is 1. The van der Waals surface area contributed by atoms with E-state index in [1.165, 1.54) is 19.2 Å². The molecule has 0 spiro atoms. The van der Waals surface area contributed by atoms with Crippen LogP contribution in [-0.2, 0) is 4.74 Å². The first-order chi connectivity index (χ1) is 9.60. The Bertz CT molecular complexity index is 623. The summed E-state index contributed by atoms with van der Waals surface area (Å²) < 4.78 is 4.59. The average molecular weight is 273 g/mol. The van der Waals surface area contributed by atoms with Crippen LogP contribution in [0.1, 0.15) is 20.8 Å². The Morgan fingerprint density at radius 3 is 2.30 bits per heavy atom. The molecule has 2 N–H and O–H groups in total. The van der Waals surface area contributed by atoms with Crippen molar-refractivity contribution in [3.63, 3.8) is 0 Å². The van der Waals surface area contributed by atoms with Crippen LogP contribution in [0.3, 0.4) is 0 Å². The van der Waals surface area contributed by atoms with Gasteiger partial charge in [0.2, 0.25) is 0 Å². The summed E-state index contributed by atoms with van der Waals surface area (Å²) in [5.74, 6) is -1.14. The number of nitrogens with zero attached hydrogens (tertiary/aromatic N) is 2. The summed E-state index contributed by atoms with van der Waals surface area (Å²) >= 11 is 0. The fourth-order valence-electron chi connectivity index (χ4n) is 1.47. The molecule has 0 amide bonds. The van der Waals surface area contributed by atoms with E-state index < -0.39 is 11.9 Å². The summed E-state index contributed by atoms with van der Waals surface area (Å²) in [7, 11) is 1.31. The molecule has 1 heterocycles. The molecule has 0 unspecified atom stereocenters. The number of hydrogen-bond acceptors (Lipinski definition) is 6. The van der Waals surface area contributed by atoms with E-state index in [2.05, 4.69) is 20.3 Å². The summed E-state index contributed by atoms with van der Waals surface area (Å²) in [6, 6.07) is 9.42. The van der Waals surface area contributed by atoms with Crippen LogP contribution < -0.4 is 5.32 Å². The first-order valence-corrected chi connectivity index (χ1v) is 5.62. The van der Waals surface area contributed by atoms with E-state index in [-0.39, 0.29) is 5.69 Å². The van der Waals surface area contributed by atoms with Gasteiger partial charge in [-0.05, 0) is 36.4 Å². The third kappa shape index (κ3) is 3.08. The Labute approximate surface area is 114 Å². The Morgan fingerprint density at radius 1 is 1.10 bits per heavy atom. The lowest BCUT2D eigenvalue weighted by Crippen LogP contribution is -2.04. The topological polar surface area (TPSA) is 101 Å². The molecule has 0 fully saturated rings. The van der Waals surface area contributed by atoms with Crippen molar-refractivity contribution < 1.29 is 19.4 Å². The fourth-order valence-corrected chi connectivity index (χ4v) is 1.47. The second kappa shape index (κ2) is 5.79. The molecule has 1 aromatic heterocycles. The number of benzene rings is 1. The number of carboxylic acid groups (broad SMARTS) is 1. The molecule has 102 valence electrons. The number of esters is 1. The molecule has 0 saturated heterocycles. The molecule has 7 nitrogen and oxygen atoms in total. The van der Waals surface area contributed by atoms with E-state index in [4.69, 9.17) is 5.11 Å². The first kappa shape index (κ1) is 13.5. The van der Waals surface area contributed by atoms with Crippen molar-refractivity contribution in [2.45, 2.75) is 0 Å². The molecule has 7 heteroatoms. The average Bonchev–Trinajstić information content (AvgIpc) is 2.48. The number of carboxylic acids is 1. The largest absolute Gasteiger partial charge is 0.476 e. The van der Waals surface area contributed by atoms with Crippen molar-refractivity contribution in [3.05, 3.63) is 47.7 Å². The van der Waals surface area contributed by atoms with Crippen molar-refractivity contribution in [1.29, 1.82) is 0 Å². The molecule has 0 saturated carbocycles. The number of carbonyl (C=O) groups is 2. The summed E-state index contributed by atoms with van der Waals surface area (Å²) in [6.45, 7) is 0. The van der Waals surface area contributed by atoms with Crippen LogP contribution in [0.2, 0.25) is 0 Å². The second-order valence-corrected chi connectivity index (χ2v) is 3.80. The van der Waals surface area contributed by atoms with Gasteiger partial charge >= 0.3 is 11.9 Å². The van der Waals surface area contributed by atoms with Gasteiger partial charge in [0.05, 0.1) is 12.7 Å². The van der Waals surface area contributed by atoms with Crippen LogP contribution in [0.15, 0.2) is 36.4 Å². The summed E-state index contributed by atoms with van der Waals surface area (Å²) in [4.78, 5) is 21.9. The number of ether oxygens (including phenoxy) is 1. The first-order valence-electron chi connectivity index (χ1n) is 5.62. The molecule has 0 aliphatic rings. The molecule has 2 aromatic rings. The van der Waals surface area contributed by atoms with Gasteiger partial charge in [-0.2, -0.15) is 0 Å². The quantitative estimate of drug-likeness (QED) is 0.817. The number of hydrogen-bond donors (Lipinski definition) is 2. The summed E-state index contributed by atoms with van der Waals surface area (Å²) in [5.41, 5.74) is 0.997. The number of aromatic nitrogens is 2. The fraction of sp³-hybridized carbons (Fsp3) is 0.0769. The molecule has 0 atom stereocenters. The van der Waals surface area contributed by atoms with Crippen LogP contribution in [0.25, 0.3) is 0 Å². The van der Waals surface area contributed by atoms with E-state index in [9.17, 15) is 9.59 Å². The summed E-state index contributed by atoms with van der Waals surface area (Å²) in [6.07, 6.45) is 0. The Balaban J connectivity index is 2.10. The van der Waals surface area contributed by atoms with Crippen LogP contribution in [-0.4, -0.2) is 34.4 Å². The molecular formula is C13H11N3O4. The minimum absolute atomic E-state index is 0.128. The van der Waals surface area contributed by atoms with Gasteiger partial charge in [0.1, 0.15) is 0 Å². The molecule has 2 rings (SSSR count). The lowest BCUT2D eigenvalue weighted by Gasteiger charge is -2.05. The molecule has 20 heavy (non-hydrogen) atoms. The summed E-state index contributed by atoms with van der Waals surface area (Å²) in [5, 5.41) is 18.9. The monoisotopic (exact) mass is 273 g/mol. The maximum atomic E-state index is 11.3. The van der Waals surface area contributed by atoms with Crippen molar-refractivity contribution in [1.82, 2.24) is 10.2 Å². The van der Waals surface area contributed by atoms with Crippen molar-refractivity contribution in [3.8, 4) is 0 Å². The number of rotatable bonds is 4. The second-order valence-electron chi connectivity index (χ2n) is 3.80. The van der Waals surface area contributed by atoms with Gasteiger partial charge in [0.25, 0.3) is 0 Å². The third-order valence-electron chi connectivity index (χ3n) is 2.46. The Kier molecular flexibility index (Phi) is 3.90. The predicted octanol–water partition coefficient (Wildman–Crippen LogP) is 1.70. The van der Waals surface area contributed by atoms with Crippen LogP contribution in [0, 0.1) is 0 Å². The Morgan fingerprint density at radius 2 is 1.80 bits per heavy atom. The Hall–Kier alpha value is -2.96. The lowest BCUT2D eigenvalue weighted by molar-refractivity contribution is 0.0599. The van der Waals surface area contributed by atoms with Crippen LogP contribution in [0.4, 0.5) is 11.5 Å². The highest BCUT2D eigenvalue weighted by atomic mass is 16.5. The highest BCUT2D eigenvalue weighted by Gasteiger charge is 2.06. The lowest BCUT2D eigenvalue weighted by atomic mass is 10.2. The van der Waals surface area contributed by atoms with Gasteiger partial charge in [-0.25, -0.2) is 9.59 Å². The van der Waals surface area contributed by atoms with Gasteiger partial charge in [0.15, 0.2) is 11.5 Å². The number of aromatic carboxylic acids is 1. The van der Waals surface area contributed by atoms with Gasteiger partial charge in [-0.3, -0.25) is 0 Å². The van der Waals surface area contributed by atoms with Gasteiger partial charge < -0.3 is 15.2 Å². The zero-order chi connectivity index (χ0) is 14.5. The smallest absolute Gasteiger partial charge is 0.356 e. The van der Waals surface area contributed by atoms with Crippen molar-refractivity contribution in [2.24, 2.45) is 0 Å². The van der Waals surface area contributed by atoms with E-state index in [1.54, 1.807) is 24.3 Å². The minimum atomic E-state index is -1.13.